The van der Waals surface area contributed by atoms with Gasteiger partial charge in [-0.15, -0.1) is 0 Å². The summed E-state index contributed by atoms with van der Waals surface area (Å²) in [6, 6.07) is 23.2. The zero-order valence-corrected chi connectivity index (χ0v) is 23.3. The van der Waals surface area contributed by atoms with Crippen molar-refractivity contribution < 1.29 is 31.1 Å². The van der Waals surface area contributed by atoms with Crippen molar-refractivity contribution in [2.24, 2.45) is 0 Å². The summed E-state index contributed by atoms with van der Waals surface area (Å²) in [5, 5.41) is 0. The zero-order chi connectivity index (χ0) is 30.6. The lowest BCUT2D eigenvalue weighted by Gasteiger charge is -2.20. The van der Waals surface area contributed by atoms with E-state index >= 15 is 8.78 Å². The number of alkyl halides is 2. The molecule has 0 aromatic heterocycles. The summed E-state index contributed by atoms with van der Waals surface area (Å²) in [7, 11) is 0. The van der Waals surface area contributed by atoms with Crippen LogP contribution in [-0.4, -0.2) is 0 Å². The minimum atomic E-state index is -4.09. The van der Waals surface area contributed by atoms with Gasteiger partial charge in [0.05, 0.1) is 5.56 Å². The molecule has 0 aliphatic heterocycles. The smallest absolute Gasteiger partial charge is 0.429 e. The van der Waals surface area contributed by atoms with Gasteiger partial charge in [0.1, 0.15) is 29.0 Å². The van der Waals surface area contributed by atoms with E-state index < -0.39 is 40.7 Å². The van der Waals surface area contributed by atoms with Gasteiger partial charge in [0.2, 0.25) is 0 Å². The molecule has 0 radical (unpaired) electrons. The van der Waals surface area contributed by atoms with Crippen molar-refractivity contribution >= 4 is 0 Å². The van der Waals surface area contributed by atoms with E-state index in [0.29, 0.717) is 16.7 Å². The Balaban J connectivity index is 1.31. The lowest BCUT2D eigenvalue weighted by atomic mass is 9.99. The van der Waals surface area contributed by atoms with Crippen LogP contribution < -0.4 is 4.74 Å². The second-order valence-corrected chi connectivity index (χ2v) is 10.3. The van der Waals surface area contributed by atoms with Gasteiger partial charge in [-0.1, -0.05) is 74.4 Å². The number of benzene rings is 5. The molecule has 0 atom stereocenters. The highest BCUT2D eigenvalue weighted by Gasteiger charge is 2.38. The van der Waals surface area contributed by atoms with E-state index in [1.54, 1.807) is 0 Å². The molecule has 0 heterocycles. The Labute approximate surface area is 246 Å². The first kappa shape index (κ1) is 30.0. The molecule has 0 aliphatic rings. The molecule has 0 spiro atoms. The molecule has 5 rings (SSSR count). The molecule has 0 amide bonds. The molecule has 5 aromatic carbocycles. The second-order valence-electron chi connectivity index (χ2n) is 10.3. The Kier molecular flexibility index (Phi) is 8.90. The number of unbranched alkanes of at least 4 members (excludes halogenated alkanes) is 2. The van der Waals surface area contributed by atoms with Crippen LogP contribution in [0.1, 0.15) is 37.3 Å². The van der Waals surface area contributed by atoms with E-state index in [-0.39, 0.29) is 16.7 Å². The monoisotopic (exact) mass is 590 g/mol. The van der Waals surface area contributed by atoms with Crippen LogP contribution in [0.25, 0.3) is 33.4 Å². The third kappa shape index (κ3) is 6.94. The van der Waals surface area contributed by atoms with Crippen molar-refractivity contribution in [3.8, 4) is 39.1 Å². The summed E-state index contributed by atoms with van der Waals surface area (Å²) >= 11 is 0. The third-order valence-corrected chi connectivity index (χ3v) is 7.26. The largest absolute Gasteiger partial charge is 0.429 e. The Hall–Kier alpha value is -4.52. The molecule has 0 fully saturated rings. The quantitative estimate of drug-likeness (QED) is 0.116. The van der Waals surface area contributed by atoms with Crippen molar-refractivity contribution in [3.63, 3.8) is 0 Å². The van der Waals surface area contributed by atoms with Gasteiger partial charge in [0.25, 0.3) is 0 Å². The van der Waals surface area contributed by atoms with Gasteiger partial charge in [-0.25, -0.2) is 17.6 Å². The fourth-order valence-corrected chi connectivity index (χ4v) is 4.92. The number of hydrogen-bond acceptors (Lipinski definition) is 1. The van der Waals surface area contributed by atoms with E-state index in [2.05, 4.69) is 6.92 Å². The molecule has 0 unspecified atom stereocenters. The molecule has 0 aliphatic carbocycles. The van der Waals surface area contributed by atoms with Gasteiger partial charge >= 0.3 is 6.11 Å². The summed E-state index contributed by atoms with van der Waals surface area (Å²) in [5.41, 5.74) is 2.03. The lowest BCUT2D eigenvalue weighted by Crippen LogP contribution is -2.23. The summed E-state index contributed by atoms with van der Waals surface area (Å²) < 4.78 is 92.7. The average Bonchev–Trinajstić information content (AvgIpc) is 2.98. The third-order valence-electron chi connectivity index (χ3n) is 7.26. The summed E-state index contributed by atoms with van der Waals surface area (Å²) in [6.45, 7) is 2.13. The van der Waals surface area contributed by atoms with Gasteiger partial charge in [-0.2, -0.15) is 8.78 Å². The van der Waals surface area contributed by atoms with Crippen molar-refractivity contribution in [2.75, 3.05) is 0 Å². The molecule has 0 bridgehead atoms. The molecule has 0 saturated heterocycles. The Morgan fingerprint density at radius 2 is 1.14 bits per heavy atom. The predicted molar refractivity (Wildman–Crippen MR) is 157 cm³/mol. The van der Waals surface area contributed by atoms with Crippen molar-refractivity contribution in [1.29, 1.82) is 0 Å². The maximum absolute atomic E-state index is 15.0. The normalized spacial score (nSPS) is 11.5. The van der Waals surface area contributed by atoms with Crippen LogP contribution in [0.4, 0.5) is 26.3 Å². The molecular weight excluding hydrogens is 562 g/mol. The fourth-order valence-electron chi connectivity index (χ4n) is 4.92. The van der Waals surface area contributed by atoms with Crippen LogP contribution in [-0.2, 0) is 12.5 Å². The summed E-state index contributed by atoms with van der Waals surface area (Å²) in [6.07, 6.45) is 0.172. The van der Waals surface area contributed by atoms with Gasteiger partial charge in [-0.3, -0.25) is 0 Å². The SMILES string of the molecule is CCCCCc1ccc(-c2ccc(C(F)(F)Oc3ccc(-c4ccc(-c5ccc(F)cc5)c(F)c4)c(F)c3)c(F)c2)cc1. The fraction of sp³-hybridized carbons (Fsp3) is 0.167. The minimum Gasteiger partial charge on any atom is -0.429 e. The Morgan fingerprint density at radius 3 is 1.79 bits per heavy atom. The van der Waals surface area contributed by atoms with E-state index in [1.165, 1.54) is 48.5 Å². The first-order chi connectivity index (χ1) is 20.6. The summed E-state index contributed by atoms with van der Waals surface area (Å²) in [4.78, 5) is 0. The predicted octanol–water partition coefficient (Wildman–Crippen LogP) is 11.1. The first-order valence-electron chi connectivity index (χ1n) is 14.0. The van der Waals surface area contributed by atoms with Crippen LogP contribution in [0.2, 0.25) is 0 Å². The van der Waals surface area contributed by atoms with Crippen molar-refractivity contribution in [2.45, 2.75) is 38.7 Å². The molecule has 0 N–H and O–H groups in total. The number of halogens is 6. The maximum atomic E-state index is 15.0. The van der Waals surface area contributed by atoms with Crippen LogP contribution in [0.5, 0.6) is 5.75 Å². The molecular formula is C36H28F6O. The van der Waals surface area contributed by atoms with Gasteiger partial charge in [0.15, 0.2) is 0 Å². The van der Waals surface area contributed by atoms with Crippen LogP contribution in [0.15, 0.2) is 103 Å². The van der Waals surface area contributed by atoms with E-state index in [9.17, 15) is 17.6 Å². The number of hydrogen-bond donors (Lipinski definition) is 0. The highest BCUT2D eigenvalue weighted by Crippen LogP contribution is 2.37. The Morgan fingerprint density at radius 1 is 0.558 bits per heavy atom. The van der Waals surface area contributed by atoms with Crippen LogP contribution in [0, 0.1) is 23.3 Å². The highest BCUT2D eigenvalue weighted by molar-refractivity contribution is 5.72. The number of rotatable bonds is 10. The molecule has 43 heavy (non-hydrogen) atoms. The van der Waals surface area contributed by atoms with Gasteiger partial charge in [0, 0.05) is 17.2 Å². The molecule has 7 heteroatoms. The topological polar surface area (TPSA) is 9.23 Å². The average molecular weight is 591 g/mol. The molecule has 220 valence electrons. The van der Waals surface area contributed by atoms with E-state index in [0.717, 1.165) is 61.6 Å². The molecule has 1 nitrogen and oxygen atoms in total. The highest BCUT2D eigenvalue weighted by atomic mass is 19.3. The second kappa shape index (κ2) is 12.8. The van der Waals surface area contributed by atoms with Crippen LogP contribution in [0.3, 0.4) is 0 Å². The first-order valence-corrected chi connectivity index (χ1v) is 14.0. The Bertz CT molecular complexity index is 1710. The van der Waals surface area contributed by atoms with Gasteiger partial charge in [-0.05, 0) is 83.1 Å². The standard InChI is InChI=1S/C36H28F6O/c1-2-3-4-5-23-6-8-24(9-7-23)26-13-19-32(35(40)20-26)36(41,42)43-29-16-18-31(34(39)22-29)27-12-17-30(33(38)21-27)25-10-14-28(37)15-11-25/h6-22H,2-5H2,1H3. The van der Waals surface area contributed by atoms with Crippen molar-refractivity contribution in [3.05, 3.63) is 138 Å². The van der Waals surface area contributed by atoms with E-state index in [4.69, 9.17) is 4.74 Å². The maximum Gasteiger partial charge on any atom is 0.429 e. The van der Waals surface area contributed by atoms with Crippen LogP contribution >= 0.6 is 0 Å². The summed E-state index contributed by atoms with van der Waals surface area (Å²) in [5.74, 6) is -3.76. The number of aryl methyl sites for hydroxylation is 1. The minimum absolute atomic E-state index is 0.0489. The lowest BCUT2D eigenvalue weighted by molar-refractivity contribution is -0.187. The molecule has 0 saturated carbocycles. The number of ether oxygens (including phenoxy) is 1. The van der Waals surface area contributed by atoms with E-state index in [1.807, 2.05) is 24.3 Å². The zero-order valence-electron chi connectivity index (χ0n) is 23.3. The van der Waals surface area contributed by atoms with Gasteiger partial charge < -0.3 is 4.74 Å². The molecule has 5 aromatic rings. The van der Waals surface area contributed by atoms with Crippen molar-refractivity contribution in [1.82, 2.24) is 0 Å².